The Balaban J connectivity index is 1.81. The zero-order valence-electron chi connectivity index (χ0n) is 15.9. The molecule has 0 atom stereocenters. The van der Waals surface area contributed by atoms with E-state index in [1.165, 1.54) is 0 Å². The highest BCUT2D eigenvalue weighted by Gasteiger charge is 2.06. The maximum atomic E-state index is 11.3. The summed E-state index contributed by atoms with van der Waals surface area (Å²) in [7, 11) is 0. The Bertz CT molecular complexity index is 879. The number of aliphatic hydroxyl groups is 1. The van der Waals surface area contributed by atoms with Crippen molar-refractivity contribution in [2.75, 3.05) is 19.8 Å². The zero-order valence-corrected chi connectivity index (χ0v) is 15.9. The van der Waals surface area contributed by atoms with Crippen molar-refractivity contribution >= 4 is 24.1 Å². The van der Waals surface area contributed by atoms with E-state index in [-0.39, 0.29) is 18.8 Å². The molecule has 29 heavy (non-hydrogen) atoms. The first kappa shape index (κ1) is 21.7. The summed E-state index contributed by atoms with van der Waals surface area (Å²) in [6, 6.07) is 14.5. The monoisotopic (exact) mass is 394 g/mol. The molecule has 2 aromatic rings. The van der Waals surface area contributed by atoms with Gasteiger partial charge in [0.15, 0.2) is 0 Å². The number of carbonyl (C=O) groups excluding carboxylic acids is 2. The fourth-order valence-corrected chi connectivity index (χ4v) is 2.13. The summed E-state index contributed by atoms with van der Waals surface area (Å²) in [4.78, 5) is 22.5. The minimum Gasteiger partial charge on any atom is -0.490 e. The third-order valence-corrected chi connectivity index (χ3v) is 3.68. The van der Waals surface area contributed by atoms with Crippen molar-refractivity contribution in [1.29, 1.82) is 0 Å². The number of aliphatic hydroxyl groups excluding tert-OH is 1. The molecular weight excluding hydrogens is 372 g/mol. The third kappa shape index (κ3) is 7.48. The summed E-state index contributed by atoms with van der Waals surface area (Å²) < 4.78 is 15.4. The molecule has 0 aromatic heterocycles. The fraction of sp³-hybridized carbons (Fsp3) is 0.130. The first-order valence-electron chi connectivity index (χ1n) is 8.83. The van der Waals surface area contributed by atoms with Crippen LogP contribution in [0.4, 0.5) is 0 Å². The zero-order chi connectivity index (χ0) is 21.1. The molecule has 150 valence electrons. The normalized spacial score (nSPS) is 10.4. The number of esters is 2. The van der Waals surface area contributed by atoms with Gasteiger partial charge in [-0.2, -0.15) is 0 Å². The lowest BCUT2D eigenvalue weighted by Crippen LogP contribution is -2.14. The molecule has 0 fully saturated rings. The van der Waals surface area contributed by atoms with Crippen molar-refractivity contribution in [3.8, 4) is 11.5 Å². The summed E-state index contributed by atoms with van der Waals surface area (Å²) >= 11 is 0. The van der Waals surface area contributed by atoms with Crippen LogP contribution in [0.2, 0.25) is 0 Å². The summed E-state index contributed by atoms with van der Waals surface area (Å²) in [6.07, 6.45) is 4.99. The van der Waals surface area contributed by atoms with Gasteiger partial charge in [-0.3, -0.25) is 0 Å². The number of benzene rings is 2. The van der Waals surface area contributed by atoms with Gasteiger partial charge >= 0.3 is 11.9 Å². The van der Waals surface area contributed by atoms with Crippen molar-refractivity contribution < 1.29 is 28.9 Å². The SMILES string of the molecule is C=CC(=O)Oc1ccc(/C=C/c2ccc(OCCOC(=O)C(=C)CO)cc2)cc1. The van der Waals surface area contributed by atoms with E-state index in [9.17, 15) is 9.59 Å². The number of rotatable bonds is 10. The minimum atomic E-state index is -0.636. The first-order valence-corrected chi connectivity index (χ1v) is 8.83. The highest BCUT2D eigenvalue weighted by molar-refractivity contribution is 5.87. The number of ether oxygens (including phenoxy) is 3. The van der Waals surface area contributed by atoms with E-state index in [1.54, 1.807) is 12.1 Å². The number of carbonyl (C=O) groups is 2. The highest BCUT2D eigenvalue weighted by Crippen LogP contribution is 2.17. The third-order valence-electron chi connectivity index (χ3n) is 3.68. The van der Waals surface area contributed by atoms with Gasteiger partial charge in [0.2, 0.25) is 0 Å². The molecule has 0 unspecified atom stereocenters. The largest absolute Gasteiger partial charge is 0.490 e. The predicted molar refractivity (Wildman–Crippen MR) is 110 cm³/mol. The van der Waals surface area contributed by atoms with Crippen LogP contribution in [-0.2, 0) is 14.3 Å². The molecule has 0 saturated carbocycles. The molecule has 2 aromatic carbocycles. The molecule has 0 aliphatic heterocycles. The van der Waals surface area contributed by atoms with Gasteiger partial charge in [0.05, 0.1) is 12.2 Å². The standard InChI is InChI=1S/C23H22O6/c1-3-22(25)29-21-12-8-19(9-13-21)5-4-18-6-10-20(11-7-18)27-14-15-28-23(26)17(2)16-24/h3-13,24H,1-2,14-16H2/b5-4+. The molecule has 2 rings (SSSR count). The Labute approximate surface area is 169 Å². The van der Waals surface area contributed by atoms with Crippen molar-refractivity contribution in [3.05, 3.63) is 84.5 Å². The second-order valence-corrected chi connectivity index (χ2v) is 5.84. The lowest BCUT2D eigenvalue weighted by atomic mass is 10.1. The van der Waals surface area contributed by atoms with E-state index in [2.05, 4.69) is 13.2 Å². The quantitative estimate of drug-likeness (QED) is 0.219. The lowest BCUT2D eigenvalue weighted by molar-refractivity contribution is -0.140. The maximum Gasteiger partial charge on any atom is 0.335 e. The van der Waals surface area contributed by atoms with Crippen LogP contribution in [0.3, 0.4) is 0 Å². The van der Waals surface area contributed by atoms with Crippen LogP contribution in [0.15, 0.2) is 73.3 Å². The molecule has 0 amide bonds. The first-order chi connectivity index (χ1) is 14.0. The Morgan fingerprint density at radius 2 is 1.45 bits per heavy atom. The van der Waals surface area contributed by atoms with Crippen molar-refractivity contribution in [2.24, 2.45) is 0 Å². The van der Waals surface area contributed by atoms with Gasteiger partial charge in [0.25, 0.3) is 0 Å². The Hall–Kier alpha value is -3.64. The summed E-state index contributed by atoms with van der Waals surface area (Å²) in [5.41, 5.74) is 1.94. The molecule has 6 heteroatoms. The average Bonchev–Trinajstić information content (AvgIpc) is 2.76. The van der Waals surface area contributed by atoms with E-state index in [0.717, 1.165) is 17.2 Å². The predicted octanol–water partition coefficient (Wildman–Crippen LogP) is 3.42. The maximum absolute atomic E-state index is 11.3. The lowest BCUT2D eigenvalue weighted by Gasteiger charge is -2.08. The van der Waals surface area contributed by atoms with E-state index < -0.39 is 18.5 Å². The minimum absolute atomic E-state index is 0.00792. The average molecular weight is 394 g/mol. The van der Waals surface area contributed by atoms with Crippen LogP contribution in [-0.4, -0.2) is 36.9 Å². The fourth-order valence-electron chi connectivity index (χ4n) is 2.13. The Morgan fingerprint density at radius 3 is 1.97 bits per heavy atom. The molecule has 1 N–H and O–H groups in total. The van der Waals surface area contributed by atoms with E-state index in [1.807, 2.05) is 48.6 Å². The van der Waals surface area contributed by atoms with Crippen LogP contribution in [0.5, 0.6) is 11.5 Å². The van der Waals surface area contributed by atoms with Crippen molar-refractivity contribution in [3.63, 3.8) is 0 Å². The van der Waals surface area contributed by atoms with Gasteiger partial charge in [0.1, 0.15) is 24.7 Å². The molecule has 0 aliphatic carbocycles. The molecule has 0 spiro atoms. The van der Waals surface area contributed by atoms with Crippen LogP contribution in [0.25, 0.3) is 12.2 Å². The molecule has 0 saturated heterocycles. The summed E-state index contributed by atoms with van der Waals surface area (Å²) in [6.45, 7) is 6.57. The molecule has 0 radical (unpaired) electrons. The van der Waals surface area contributed by atoms with Gasteiger partial charge in [-0.15, -0.1) is 0 Å². The van der Waals surface area contributed by atoms with Crippen LogP contribution in [0, 0.1) is 0 Å². The van der Waals surface area contributed by atoms with Gasteiger partial charge in [-0.1, -0.05) is 49.6 Å². The van der Waals surface area contributed by atoms with Crippen molar-refractivity contribution in [2.45, 2.75) is 0 Å². The topological polar surface area (TPSA) is 82.1 Å². The van der Waals surface area contributed by atoms with E-state index in [4.69, 9.17) is 19.3 Å². The molecular formula is C23H22O6. The number of hydrogen-bond acceptors (Lipinski definition) is 6. The second kappa shape index (κ2) is 11.3. The molecule has 0 heterocycles. The highest BCUT2D eigenvalue weighted by atomic mass is 16.6. The van der Waals surface area contributed by atoms with Gasteiger partial charge in [-0.05, 0) is 35.4 Å². The van der Waals surface area contributed by atoms with E-state index in [0.29, 0.717) is 11.5 Å². The van der Waals surface area contributed by atoms with Crippen LogP contribution in [0.1, 0.15) is 11.1 Å². The van der Waals surface area contributed by atoms with Crippen molar-refractivity contribution in [1.82, 2.24) is 0 Å². The van der Waals surface area contributed by atoms with Crippen LogP contribution >= 0.6 is 0 Å². The summed E-state index contributed by atoms with van der Waals surface area (Å²) in [5, 5.41) is 8.78. The molecule has 6 nitrogen and oxygen atoms in total. The number of hydrogen-bond donors (Lipinski definition) is 1. The van der Waals surface area contributed by atoms with Gasteiger partial charge in [0, 0.05) is 6.08 Å². The molecule has 0 bridgehead atoms. The smallest absolute Gasteiger partial charge is 0.335 e. The Kier molecular flexibility index (Phi) is 8.41. The summed E-state index contributed by atoms with van der Waals surface area (Å²) in [5.74, 6) is -0.0275. The van der Waals surface area contributed by atoms with Gasteiger partial charge in [-0.25, -0.2) is 9.59 Å². The van der Waals surface area contributed by atoms with E-state index >= 15 is 0 Å². The second-order valence-electron chi connectivity index (χ2n) is 5.84. The molecule has 0 aliphatic rings. The Morgan fingerprint density at radius 1 is 0.897 bits per heavy atom. The van der Waals surface area contributed by atoms with Gasteiger partial charge < -0.3 is 19.3 Å². The van der Waals surface area contributed by atoms with Crippen LogP contribution < -0.4 is 9.47 Å².